The molecular formula is C29H44O3. The highest BCUT2D eigenvalue weighted by Gasteiger charge is 2.59. The summed E-state index contributed by atoms with van der Waals surface area (Å²) in [6.45, 7) is 7.23. The molecule has 4 fully saturated rings. The average Bonchev–Trinajstić information content (AvgIpc) is 3.10. The van der Waals surface area contributed by atoms with E-state index in [9.17, 15) is 9.59 Å². The summed E-state index contributed by atoms with van der Waals surface area (Å²) in [6, 6.07) is 0. The van der Waals surface area contributed by atoms with Gasteiger partial charge >= 0.3 is 5.97 Å². The number of carbonyl (C=O) groups excluding carboxylic acids is 2. The smallest absolute Gasteiger partial charge is 0.306 e. The Morgan fingerprint density at radius 2 is 1.75 bits per heavy atom. The van der Waals surface area contributed by atoms with Crippen molar-refractivity contribution < 1.29 is 14.3 Å². The van der Waals surface area contributed by atoms with Crippen LogP contribution in [0, 0.1) is 40.4 Å². The number of hydrogen-bond acceptors (Lipinski definition) is 3. The van der Waals surface area contributed by atoms with Crippen molar-refractivity contribution in [3.63, 3.8) is 0 Å². The largest absolute Gasteiger partial charge is 0.462 e. The molecule has 0 aromatic carbocycles. The van der Waals surface area contributed by atoms with Gasteiger partial charge < -0.3 is 4.74 Å². The second-order valence-electron chi connectivity index (χ2n) is 12.7. The lowest BCUT2D eigenvalue weighted by Crippen LogP contribution is -2.51. The van der Waals surface area contributed by atoms with Gasteiger partial charge in [-0.3, -0.25) is 9.59 Å². The zero-order chi connectivity index (χ0) is 22.5. The van der Waals surface area contributed by atoms with Crippen LogP contribution in [0.1, 0.15) is 111 Å². The predicted molar refractivity (Wildman–Crippen MR) is 127 cm³/mol. The fraction of sp³-hybridized carbons (Fsp3) is 0.862. The van der Waals surface area contributed by atoms with Crippen molar-refractivity contribution in [2.75, 3.05) is 0 Å². The Morgan fingerprint density at radius 1 is 0.969 bits per heavy atom. The molecule has 0 spiro atoms. The van der Waals surface area contributed by atoms with Crippen molar-refractivity contribution in [2.45, 2.75) is 117 Å². The minimum Gasteiger partial charge on any atom is -0.462 e. The maximum atomic E-state index is 12.8. The molecular weight excluding hydrogens is 396 g/mol. The molecule has 5 aliphatic rings. The van der Waals surface area contributed by atoms with Gasteiger partial charge in [0, 0.05) is 18.3 Å². The molecule has 0 radical (unpaired) electrons. The quantitative estimate of drug-likeness (QED) is 0.440. The highest BCUT2D eigenvalue weighted by Crippen LogP contribution is 2.65. The first-order valence-electron chi connectivity index (χ1n) is 13.7. The highest BCUT2D eigenvalue weighted by molar-refractivity contribution is 5.91. The maximum Gasteiger partial charge on any atom is 0.306 e. The van der Waals surface area contributed by atoms with Crippen molar-refractivity contribution in [3.8, 4) is 0 Å². The highest BCUT2D eigenvalue weighted by atomic mass is 16.5. The fourth-order valence-corrected chi connectivity index (χ4v) is 8.86. The normalized spacial score (nSPS) is 46.0. The van der Waals surface area contributed by atoms with E-state index in [0.29, 0.717) is 24.0 Å². The molecule has 3 nitrogen and oxygen atoms in total. The molecule has 0 unspecified atom stereocenters. The van der Waals surface area contributed by atoms with Crippen LogP contribution in [0.3, 0.4) is 0 Å². The lowest BCUT2D eigenvalue weighted by atomic mass is 9.47. The van der Waals surface area contributed by atoms with E-state index in [1.165, 1.54) is 56.9 Å². The van der Waals surface area contributed by atoms with Crippen LogP contribution in [-0.4, -0.2) is 17.9 Å². The first-order chi connectivity index (χ1) is 15.3. The number of ether oxygens (including phenoxy) is 1. The second-order valence-corrected chi connectivity index (χ2v) is 12.7. The van der Waals surface area contributed by atoms with E-state index < -0.39 is 0 Å². The Morgan fingerprint density at radius 3 is 2.53 bits per heavy atom. The molecule has 4 saturated carbocycles. The summed E-state index contributed by atoms with van der Waals surface area (Å²) in [6.07, 6.45) is 17.8. The van der Waals surface area contributed by atoms with Crippen LogP contribution in [0.4, 0.5) is 0 Å². The van der Waals surface area contributed by atoms with Gasteiger partial charge in [0.25, 0.3) is 0 Å². The van der Waals surface area contributed by atoms with Crippen LogP contribution in [-0.2, 0) is 14.3 Å². The first-order valence-corrected chi connectivity index (χ1v) is 13.7. The molecule has 0 saturated heterocycles. The summed E-state index contributed by atoms with van der Waals surface area (Å²) in [5.74, 6) is 4.11. The van der Waals surface area contributed by atoms with Gasteiger partial charge in [0.1, 0.15) is 6.10 Å². The van der Waals surface area contributed by atoms with Crippen molar-refractivity contribution in [2.24, 2.45) is 40.4 Å². The maximum absolute atomic E-state index is 12.8. The zero-order valence-corrected chi connectivity index (χ0v) is 20.7. The summed E-state index contributed by atoms with van der Waals surface area (Å²) in [5, 5.41) is 0. The third-order valence-electron chi connectivity index (χ3n) is 11.0. The molecule has 5 aliphatic carbocycles. The van der Waals surface area contributed by atoms with E-state index in [2.05, 4.69) is 20.8 Å². The number of fused-ring (bicyclic) bond motifs is 5. The summed E-state index contributed by atoms with van der Waals surface area (Å²) in [7, 11) is 0. The van der Waals surface area contributed by atoms with Gasteiger partial charge in [0.05, 0.1) is 0 Å². The molecule has 178 valence electrons. The predicted octanol–water partition coefficient (Wildman–Crippen LogP) is 7.04. The van der Waals surface area contributed by atoms with Crippen molar-refractivity contribution in [3.05, 3.63) is 11.6 Å². The minimum atomic E-state index is 0.0595. The van der Waals surface area contributed by atoms with Gasteiger partial charge in [0.15, 0.2) is 5.78 Å². The Balaban J connectivity index is 1.21. The third-order valence-corrected chi connectivity index (χ3v) is 11.0. The molecule has 0 aromatic heterocycles. The number of esters is 1. The molecule has 0 aliphatic heterocycles. The van der Waals surface area contributed by atoms with Crippen LogP contribution < -0.4 is 0 Å². The van der Waals surface area contributed by atoms with E-state index in [-0.39, 0.29) is 22.9 Å². The zero-order valence-electron chi connectivity index (χ0n) is 20.7. The SMILES string of the molecule is CC1CCC(CCC(=O)O[C@H]2CC[C@H]3[C@@H]4CCC5=CC(=O)CC[C@]5(C)[C@H]4CC[C@]23C)CC1. The molecule has 32 heavy (non-hydrogen) atoms. The van der Waals surface area contributed by atoms with Gasteiger partial charge in [-0.15, -0.1) is 0 Å². The number of allylic oxidation sites excluding steroid dienone is 1. The molecule has 6 atom stereocenters. The van der Waals surface area contributed by atoms with E-state index in [1.807, 2.05) is 6.08 Å². The van der Waals surface area contributed by atoms with E-state index in [1.54, 1.807) is 0 Å². The number of ketones is 1. The topological polar surface area (TPSA) is 43.4 Å². The molecule has 0 heterocycles. The summed E-state index contributed by atoms with van der Waals surface area (Å²) in [5.41, 5.74) is 1.82. The van der Waals surface area contributed by atoms with Gasteiger partial charge in [0.2, 0.25) is 0 Å². The van der Waals surface area contributed by atoms with Gasteiger partial charge in [-0.1, -0.05) is 52.0 Å². The molecule has 5 rings (SSSR count). The average molecular weight is 441 g/mol. The third kappa shape index (κ3) is 3.90. The van der Waals surface area contributed by atoms with E-state index >= 15 is 0 Å². The van der Waals surface area contributed by atoms with Crippen molar-refractivity contribution >= 4 is 11.8 Å². The fourth-order valence-electron chi connectivity index (χ4n) is 8.86. The standard InChI is InChI=1S/C29H44O3/c1-19-4-6-20(7-5-19)8-13-27(31)32-26-12-11-24-23-10-9-21-18-22(30)14-16-28(21,2)25(23)15-17-29(24,26)3/h18-20,23-26H,4-17H2,1-3H3/t19?,20?,23-,24-,25-,26-,28-,29-/m0/s1. The lowest BCUT2D eigenvalue weighted by Gasteiger charge is -2.57. The van der Waals surface area contributed by atoms with Crippen molar-refractivity contribution in [1.29, 1.82) is 0 Å². The van der Waals surface area contributed by atoms with Gasteiger partial charge in [-0.05, 0) is 92.4 Å². The molecule has 0 bridgehead atoms. The number of hydrogen-bond donors (Lipinski definition) is 0. The molecule has 0 N–H and O–H groups in total. The Hall–Kier alpha value is -1.12. The first kappa shape index (κ1) is 22.7. The van der Waals surface area contributed by atoms with Crippen LogP contribution >= 0.6 is 0 Å². The molecule has 3 heteroatoms. The monoisotopic (exact) mass is 440 g/mol. The van der Waals surface area contributed by atoms with Crippen LogP contribution in [0.25, 0.3) is 0 Å². The Kier molecular flexibility index (Phi) is 6.08. The van der Waals surface area contributed by atoms with Crippen LogP contribution in [0.5, 0.6) is 0 Å². The lowest BCUT2D eigenvalue weighted by molar-refractivity contribution is -0.160. The Labute approximate surface area is 195 Å². The van der Waals surface area contributed by atoms with E-state index in [0.717, 1.165) is 49.9 Å². The second kappa shape index (κ2) is 8.58. The van der Waals surface area contributed by atoms with E-state index in [4.69, 9.17) is 4.74 Å². The molecule has 0 amide bonds. The van der Waals surface area contributed by atoms with Gasteiger partial charge in [-0.2, -0.15) is 0 Å². The molecule has 0 aromatic rings. The number of carbonyl (C=O) groups is 2. The van der Waals surface area contributed by atoms with Crippen LogP contribution in [0.2, 0.25) is 0 Å². The van der Waals surface area contributed by atoms with Gasteiger partial charge in [-0.25, -0.2) is 0 Å². The summed E-state index contributed by atoms with van der Waals surface area (Å²) in [4.78, 5) is 24.9. The van der Waals surface area contributed by atoms with Crippen molar-refractivity contribution in [1.82, 2.24) is 0 Å². The number of rotatable bonds is 4. The summed E-state index contributed by atoms with van der Waals surface area (Å²) >= 11 is 0. The Bertz CT molecular complexity index is 775. The van der Waals surface area contributed by atoms with Crippen LogP contribution in [0.15, 0.2) is 11.6 Å². The summed E-state index contributed by atoms with van der Waals surface area (Å²) < 4.78 is 6.23. The minimum absolute atomic E-state index is 0.0595.